The van der Waals surface area contributed by atoms with Gasteiger partial charge in [0.1, 0.15) is 0 Å². The Bertz CT molecular complexity index is 614. The second kappa shape index (κ2) is 12.6. The molecule has 0 saturated heterocycles. The third-order valence-corrected chi connectivity index (χ3v) is 17.2. The molecule has 0 heterocycles. The Labute approximate surface area is 201 Å². The predicted octanol–water partition coefficient (Wildman–Crippen LogP) is 8.23. The standard InChI is InChI=1S/C16H28F12O3Si4/c1-33(2,3)30-34(4,10-6-14(20,21)22)31-35(11-7-15(23,24)25,12-8-16(26,27)28)29-32-9-5-13(17,18)19/h5-12H2,1-4H3. The van der Waals surface area contributed by atoms with E-state index in [9.17, 15) is 52.7 Å². The van der Waals surface area contributed by atoms with Gasteiger partial charge in [0.15, 0.2) is 8.32 Å². The summed E-state index contributed by atoms with van der Waals surface area (Å²) in [7, 11) is -12.6. The molecule has 0 spiro atoms. The lowest BCUT2D eigenvalue weighted by Gasteiger charge is -2.42. The largest absolute Gasteiger partial charge is 0.437 e. The summed E-state index contributed by atoms with van der Waals surface area (Å²) in [6.45, 7) is 5.77. The van der Waals surface area contributed by atoms with Crippen LogP contribution in [0.3, 0.4) is 0 Å². The minimum absolute atomic E-state index is 0.741. The number of halogens is 12. The van der Waals surface area contributed by atoms with E-state index < -0.39 is 110 Å². The molecule has 210 valence electrons. The van der Waals surface area contributed by atoms with Crippen molar-refractivity contribution in [3.63, 3.8) is 0 Å². The lowest BCUT2D eigenvalue weighted by atomic mass is 10.5. The van der Waals surface area contributed by atoms with Gasteiger partial charge in [0.05, 0.1) is 0 Å². The highest BCUT2D eigenvalue weighted by Gasteiger charge is 2.51. The van der Waals surface area contributed by atoms with Crippen molar-refractivity contribution in [2.75, 3.05) is 0 Å². The molecule has 35 heavy (non-hydrogen) atoms. The lowest BCUT2D eigenvalue weighted by Crippen LogP contribution is -2.58. The van der Waals surface area contributed by atoms with Gasteiger partial charge in [0.2, 0.25) is 9.76 Å². The van der Waals surface area contributed by atoms with Gasteiger partial charge >= 0.3 is 41.8 Å². The van der Waals surface area contributed by atoms with Crippen molar-refractivity contribution in [2.45, 2.75) is 101 Å². The summed E-state index contributed by atoms with van der Waals surface area (Å²) < 4.78 is 171. The zero-order chi connectivity index (χ0) is 28.0. The molecule has 0 aromatic rings. The van der Waals surface area contributed by atoms with E-state index in [1.54, 1.807) is 19.6 Å². The van der Waals surface area contributed by atoms with Gasteiger partial charge in [-0.15, -0.1) is 0 Å². The summed E-state index contributed by atoms with van der Waals surface area (Å²) in [6, 6.07) is -3.79. The van der Waals surface area contributed by atoms with Gasteiger partial charge in [-0.05, 0) is 50.4 Å². The molecular weight excluding hydrogens is 580 g/mol. The Morgan fingerprint density at radius 1 is 0.543 bits per heavy atom. The van der Waals surface area contributed by atoms with Crippen molar-refractivity contribution in [3.8, 4) is 0 Å². The molecule has 0 aromatic carbocycles. The maximum absolute atomic E-state index is 13.0. The normalized spacial score (nSPS) is 16.5. The van der Waals surface area contributed by atoms with Crippen LogP contribution in [-0.4, -0.2) is 59.9 Å². The van der Waals surface area contributed by atoms with Gasteiger partial charge in [-0.1, -0.05) is 0 Å². The molecule has 0 N–H and O–H groups in total. The van der Waals surface area contributed by atoms with Crippen LogP contribution in [0.1, 0.15) is 25.7 Å². The Morgan fingerprint density at radius 3 is 1.26 bits per heavy atom. The predicted molar refractivity (Wildman–Crippen MR) is 112 cm³/mol. The molecule has 2 radical (unpaired) electrons. The maximum Gasteiger partial charge on any atom is 0.389 e. The monoisotopic (exact) mass is 608 g/mol. The topological polar surface area (TPSA) is 27.7 Å². The second-order valence-electron chi connectivity index (χ2n) is 9.07. The molecule has 19 heteroatoms. The average molecular weight is 609 g/mol. The molecule has 3 nitrogen and oxygen atoms in total. The third-order valence-electron chi connectivity index (χ3n) is 4.13. The van der Waals surface area contributed by atoms with Crippen molar-refractivity contribution in [1.82, 2.24) is 0 Å². The van der Waals surface area contributed by atoms with Crippen LogP contribution in [0.4, 0.5) is 52.7 Å². The molecule has 0 aliphatic heterocycles. The highest BCUT2D eigenvalue weighted by molar-refractivity contribution is 6.87. The minimum atomic E-state index is -4.87. The number of hydrogen-bond acceptors (Lipinski definition) is 3. The summed E-state index contributed by atoms with van der Waals surface area (Å²) >= 11 is 0. The fraction of sp³-hybridized carbons (Fsp3) is 1.00. The van der Waals surface area contributed by atoms with Crippen LogP contribution in [0.15, 0.2) is 0 Å². The van der Waals surface area contributed by atoms with E-state index in [0.29, 0.717) is 0 Å². The summed E-state index contributed by atoms with van der Waals surface area (Å²) in [5.41, 5.74) is 0. The molecular formula is C16H28F12O3Si4. The molecule has 1 atom stereocenters. The smallest absolute Gasteiger partial charge is 0.389 e. The molecule has 0 bridgehead atoms. The zero-order valence-corrected chi connectivity index (χ0v) is 23.4. The first-order chi connectivity index (χ1) is 15.2. The van der Waals surface area contributed by atoms with Gasteiger partial charge in [-0.3, -0.25) is 0 Å². The van der Waals surface area contributed by atoms with Crippen LogP contribution in [0.5, 0.6) is 0 Å². The molecule has 0 aliphatic rings. The van der Waals surface area contributed by atoms with E-state index in [4.69, 9.17) is 12.3 Å². The SMILES string of the molecule is C[Si](C)(C)O[Si](C)(CCC(F)(F)F)O[Si](CCC(F)(F)F)(CCC(F)(F)F)O[Si]CCC(F)(F)F. The fourth-order valence-corrected chi connectivity index (χ4v) is 18.9. The van der Waals surface area contributed by atoms with E-state index in [1.165, 1.54) is 0 Å². The van der Waals surface area contributed by atoms with E-state index in [1.807, 2.05) is 0 Å². The quantitative estimate of drug-likeness (QED) is 0.113. The van der Waals surface area contributed by atoms with Gasteiger partial charge in [0, 0.05) is 25.7 Å². The maximum atomic E-state index is 13.0. The Hall–Kier alpha value is -0.0925. The summed E-state index contributed by atoms with van der Waals surface area (Å²) in [5, 5.41) is 0. The molecule has 0 aromatic heterocycles. The van der Waals surface area contributed by atoms with E-state index in [-0.39, 0.29) is 0 Å². The lowest BCUT2D eigenvalue weighted by molar-refractivity contribution is -0.133. The Kier molecular flexibility index (Phi) is 12.6. The number of rotatable bonds is 14. The van der Waals surface area contributed by atoms with Crippen molar-refractivity contribution >= 4 is 35.2 Å². The average Bonchev–Trinajstić information content (AvgIpc) is 2.56. The molecule has 0 fully saturated rings. The van der Waals surface area contributed by atoms with Crippen LogP contribution in [-0.2, 0) is 12.3 Å². The second-order valence-corrected chi connectivity index (χ2v) is 22.1. The third kappa shape index (κ3) is 19.7. The van der Waals surface area contributed by atoms with Crippen molar-refractivity contribution in [3.05, 3.63) is 0 Å². The van der Waals surface area contributed by atoms with Gasteiger partial charge in [-0.25, -0.2) is 0 Å². The van der Waals surface area contributed by atoms with Crippen LogP contribution in [0, 0.1) is 0 Å². The van der Waals surface area contributed by atoms with Gasteiger partial charge in [0.25, 0.3) is 0 Å². The molecule has 0 aliphatic carbocycles. The Morgan fingerprint density at radius 2 is 0.914 bits per heavy atom. The van der Waals surface area contributed by atoms with Crippen LogP contribution in [0.25, 0.3) is 0 Å². The first kappa shape index (κ1) is 34.9. The number of hydrogen-bond donors (Lipinski definition) is 0. The van der Waals surface area contributed by atoms with E-state index in [0.717, 1.165) is 6.55 Å². The van der Waals surface area contributed by atoms with Crippen molar-refractivity contribution < 1.29 is 65.0 Å². The minimum Gasteiger partial charge on any atom is -0.437 e. The van der Waals surface area contributed by atoms with Crippen molar-refractivity contribution in [1.29, 1.82) is 0 Å². The molecule has 0 amide bonds. The first-order valence-corrected chi connectivity index (χ1v) is 19.6. The van der Waals surface area contributed by atoms with Crippen LogP contribution in [0.2, 0.25) is 50.4 Å². The molecule has 0 rings (SSSR count). The van der Waals surface area contributed by atoms with E-state index in [2.05, 4.69) is 0 Å². The number of alkyl halides is 12. The Balaban J connectivity index is 6.21. The molecule has 0 saturated carbocycles. The van der Waals surface area contributed by atoms with Crippen molar-refractivity contribution in [2.24, 2.45) is 0 Å². The van der Waals surface area contributed by atoms with Gasteiger partial charge < -0.3 is 12.3 Å². The van der Waals surface area contributed by atoms with Crippen LogP contribution < -0.4 is 0 Å². The van der Waals surface area contributed by atoms with E-state index >= 15 is 0 Å². The van der Waals surface area contributed by atoms with Crippen LogP contribution >= 0.6 is 0 Å². The first-order valence-electron chi connectivity index (χ1n) is 10.3. The molecule has 1 unspecified atom stereocenters. The summed E-state index contributed by atoms with van der Waals surface area (Å²) in [6.07, 6.45) is -25.3. The zero-order valence-electron chi connectivity index (χ0n) is 19.4. The van der Waals surface area contributed by atoms with Gasteiger partial charge in [-0.2, -0.15) is 52.7 Å². The highest BCUT2D eigenvalue weighted by atomic mass is 28.5. The summed E-state index contributed by atoms with van der Waals surface area (Å²) in [5.74, 6) is 0. The highest BCUT2D eigenvalue weighted by Crippen LogP contribution is 2.39. The fourth-order valence-electron chi connectivity index (χ4n) is 2.92. The summed E-state index contributed by atoms with van der Waals surface area (Å²) in [4.78, 5) is 0.